The first kappa shape index (κ1) is 17.0. The number of rotatable bonds is 4. The summed E-state index contributed by atoms with van der Waals surface area (Å²) >= 11 is 0. The fraction of sp³-hybridized carbons (Fsp3) is 0.364. The summed E-state index contributed by atoms with van der Waals surface area (Å²) in [5.41, 5.74) is 7.90. The van der Waals surface area contributed by atoms with Gasteiger partial charge in [0.15, 0.2) is 0 Å². The Labute approximate surface area is 155 Å². The van der Waals surface area contributed by atoms with E-state index in [0.29, 0.717) is 0 Å². The quantitative estimate of drug-likeness (QED) is 0.921. The summed E-state index contributed by atoms with van der Waals surface area (Å²) in [6.45, 7) is 4.27. The molecule has 1 N–H and O–H groups in total. The van der Waals surface area contributed by atoms with Crippen LogP contribution < -0.4 is 5.43 Å². The van der Waals surface area contributed by atoms with E-state index in [0.717, 1.165) is 36.6 Å². The van der Waals surface area contributed by atoms with Crippen LogP contribution in [0.4, 0.5) is 0 Å². The smallest absolute Gasteiger partial charge is 0.149 e. The topological polar surface area (TPSA) is 40.0 Å². The second kappa shape index (κ2) is 8.28. The van der Waals surface area contributed by atoms with Crippen LogP contribution in [0.1, 0.15) is 36.0 Å². The molecule has 26 heavy (non-hydrogen) atoms. The molecule has 0 atom stereocenters. The number of likely N-dealkylation sites (tertiary alicyclic amines) is 1. The summed E-state index contributed by atoms with van der Waals surface area (Å²) in [4.78, 5) is 7.39. The maximum Gasteiger partial charge on any atom is 0.149 e. The van der Waals surface area contributed by atoms with Crippen LogP contribution in [-0.4, -0.2) is 42.6 Å². The minimum absolute atomic E-state index is 0.812. The van der Waals surface area contributed by atoms with Crippen molar-refractivity contribution in [3.8, 4) is 0 Å². The van der Waals surface area contributed by atoms with Crippen molar-refractivity contribution in [3.05, 3.63) is 71.3 Å². The van der Waals surface area contributed by atoms with Gasteiger partial charge in [-0.3, -0.25) is 10.4 Å². The van der Waals surface area contributed by atoms with E-state index in [1.165, 1.54) is 43.5 Å². The molecule has 2 aromatic rings. The van der Waals surface area contributed by atoms with Gasteiger partial charge in [-0.2, -0.15) is 5.10 Å². The van der Waals surface area contributed by atoms with Crippen molar-refractivity contribution in [1.82, 2.24) is 10.3 Å². The Bertz CT molecular complexity index is 789. The van der Waals surface area contributed by atoms with Gasteiger partial charge < -0.3 is 4.90 Å². The lowest BCUT2D eigenvalue weighted by Crippen LogP contribution is -2.32. The minimum Gasteiger partial charge on any atom is -0.301 e. The molecule has 0 aromatic heterocycles. The fourth-order valence-electron chi connectivity index (χ4n) is 3.71. The van der Waals surface area contributed by atoms with Crippen molar-refractivity contribution in [2.45, 2.75) is 25.7 Å². The largest absolute Gasteiger partial charge is 0.301 e. The monoisotopic (exact) mass is 346 g/mol. The van der Waals surface area contributed by atoms with Crippen molar-refractivity contribution in [1.29, 1.82) is 0 Å². The summed E-state index contributed by atoms with van der Waals surface area (Å²) in [6, 6.07) is 18.9. The molecular weight excluding hydrogens is 320 g/mol. The Morgan fingerprint density at radius 3 is 2.54 bits per heavy atom. The first-order valence-corrected chi connectivity index (χ1v) is 9.63. The van der Waals surface area contributed by atoms with E-state index >= 15 is 0 Å². The van der Waals surface area contributed by atoms with Crippen molar-refractivity contribution in [2.75, 3.05) is 26.2 Å². The molecule has 4 rings (SSSR count). The molecule has 0 spiro atoms. The molecule has 4 heteroatoms. The molecule has 0 radical (unpaired) electrons. The van der Waals surface area contributed by atoms with E-state index in [9.17, 15) is 0 Å². The van der Waals surface area contributed by atoms with Crippen LogP contribution in [0.5, 0.6) is 0 Å². The van der Waals surface area contributed by atoms with Crippen molar-refractivity contribution < 1.29 is 0 Å². The standard InChI is InChI=1S/C22H26N4/c1-3-9-18(10-4-1)21-17-19-11-5-6-12-20(19)22(25-24-21)23-13-16-26-14-7-2-8-15-26/h1,3-6,9-12H,2,7-8,13-17H2,(H,23,25). The number of fused-ring (bicyclic) bond motifs is 1. The number of amidine groups is 1. The third-order valence-electron chi connectivity index (χ3n) is 5.17. The van der Waals surface area contributed by atoms with Gasteiger partial charge in [0.2, 0.25) is 0 Å². The molecular formula is C22H26N4. The molecule has 1 saturated heterocycles. The highest BCUT2D eigenvalue weighted by Crippen LogP contribution is 2.17. The van der Waals surface area contributed by atoms with Crippen molar-refractivity contribution >= 4 is 11.5 Å². The molecule has 0 amide bonds. The second-order valence-electron chi connectivity index (χ2n) is 7.00. The molecule has 134 valence electrons. The Morgan fingerprint density at radius 1 is 0.923 bits per heavy atom. The number of piperidine rings is 1. The molecule has 0 bridgehead atoms. The second-order valence-corrected chi connectivity index (χ2v) is 7.00. The van der Waals surface area contributed by atoms with Crippen molar-refractivity contribution in [2.24, 2.45) is 10.1 Å². The van der Waals surface area contributed by atoms with Gasteiger partial charge >= 0.3 is 0 Å². The summed E-state index contributed by atoms with van der Waals surface area (Å²) in [5.74, 6) is 0.892. The number of aliphatic imine (C=N–C) groups is 1. The first-order valence-electron chi connectivity index (χ1n) is 9.63. The average Bonchev–Trinajstić information content (AvgIpc) is 2.89. The highest BCUT2D eigenvalue weighted by atomic mass is 15.3. The number of hydrogen-bond donors (Lipinski definition) is 1. The van der Waals surface area contributed by atoms with Gasteiger partial charge in [0, 0.05) is 18.5 Å². The molecule has 2 heterocycles. The van der Waals surface area contributed by atoms with Crippen LogP contribution in [0.25, 0.3) is 0 Å². The van der Waals surface area contributed by atoms with Gasteiger partial charge in [0.25, 0.3) is 0 Å². The average molecular weight is 346 g/mol. The predicted molar refractivity (Wildman–Crippen MR) is 108 cm³/mol. The van der Waals surface area contributed by atoms with E-state index in [-0.39, 0.29) is 0 Å². The Balaban J connectivity index is 1.54. The fourth-order valence-corrected chi connectivity index (χ4v) is 3.71. The van der Waals surface area contributed by atoms with E-state index < -0.39 is 0 Å². The van der Waals surface area contributed by atoms with Crippen LogP contribution in [0.3, 0.4) is 0 Å². The normalized spacial score (nSPS) is 19.4. The van der Waals surface area contributed by atoms with E-state index in [4.69, 9.17) is 4.99 Å². The summed E-state index contributed by atoms with van der Waals surface area (Å²) in [5, 5.41) is 4.68. The zero-order valence-corrected chi connectivity index (χ0v) is 15.2. The van der Waals surface area contributed by atoms with Gasteiger partial charge in [-0.1, -0.05) is 61.0 Å². The first-order chi connectivity index (χ1) is 12.9. The molecule has 0 saturated carbocycles. The van der Waals surface area contributed by atoms with Crippen molar-refractivity contribution in [3.63, 3.8) is 0 Å². The van der Waals surface area contributed by atoms with Gasteiger partial charge in [0.1, 0.15) is 5.84 Å². The Kier molecular flexibility index (Phi) is 5.41. The number of nitrogens with zero attached hydrogens (tertiary/aromatic N) is 3. The maximum absolute atomic E-state index is 4.86. The number of hydrazone groups is 1. The Morgan fingerprint density at radius 2 is 1.69 bits per heavy atom. The zero-order valence-electron chi connectivity index (χ0n) is 15.2. The van der Waals surface area contributed by atoms with E-state index in [1.54, 1.807) is 0 Å². The SMILES string of the molecule is c1ccc(C2=NNC(=NCCN3CCCCC3)c3ccccc3C2)cc1. The highest BCUT2D eigenvalue weighted by Gasteiger charge is 2.17. The van der Waals surface area contributed by atoms with E-state index in [1.807, 2.05) is 6.07 Å². The predicted octanol–water partition coefficient (Wildman–Crippen LogP) is 3.47. The van der Waals surface area contributed by atoms with Gasteiger partial charge in [-0.25, -0.2) is 0 Å². The van der Waals surface area contributed by atoms with Gasteiger partial charge in [-0.05, 0) is 37.1 Å². The molecule has 2 aliphatic rings. The zero-order chi connectivity index (χ0) is 17.6. The lowest BCUT2D eigenvalue weighted by molar-refractivity contribution is 0.235. The van der Waals surface area contributed by atoms with Gasteiger partial charge in [-0.15, -0.1) is 0 Å². The molecule has 0 unspecified atom stereocenters. The van der Waals surface area contributed by atoms with Crippen LogP contribution in [0, 0.1) is 0 Å². The number of nitrogens with one attached hydrogen (secondary N) is 1. The third kappa shape index (κ3) is 4.02. The molecule has 0 aliphatic carbocycles. The minimum atomic E-state index is 0.812. The number of hydrogen-bond acceptors (Lipinski definition) is 3. The number of benzene rings is 2. The molecule has 2 aliphatic heterocycles. The maximum atomic E-state index is 4.86. The van der Waals surface area contributed by atoms with Crippen LogP contribution in [0.2, 0.25) is 0 Å². The summed E-state index contributed by atoms with van der Waals surface area (Å²) in [6.07, 6.45) is 4.83. The molecule has 4 nitrogen and oxygen atoms in total. The lowest BCUT2D eigenvalue weighted by Gasteiger charge is -2.25. The summed E-state index contributed by atoms with van der Waals surface area (Å²) in [7, 11) is 0. The summed E-state index contributed by atoms with van der Waals surface area (Å²) < 4.78 is 0. The lowest BCUT2D eigenvalue weighted by atomic mass is 9.98. The highest BCUT2D eigenvalue weighted by molar-refractivity contribution is 6.08. The van der Waals surface area contributed by atoms with Crippen LogP contribution in [0.15, 0.2) is 64.7 Å². The van der Waals surface area contributed by atoms with E-state index in [2.05, 4.69) is 64.0 Å². The third-order valence-corrected chi connectivity index (χ3v) is 5.17. The van der Waals surface area contributed by atoms with Gasteiger partial charge in [0.05, 0.1) is 12.3 Å². The molecule has 1 fully saturated rings. The Hall–Kier alpha value is -2.46. The molecule has 2 aromatic carbocycles. The van der Waals surface area contributed by atoms with Crippen LogP contribution in [-0.2, 0) is 6.42 Å². The van der Waals surface area contributed by atoms with Crippen LogP contribution >= 0.6 is 0 Å².